The number of aliphatic imine (C=N–C) groups is 1. The lowest BCUT2D eigenvalue weighted by atomic mass is 10.1. The summed E-state index contributed by atoms with van der Waals surface area (Å²) in [5.41, 5.74) is 0.764. The van der Waals surface area contributed by atoms with Crippen LogP contribution in [0.3, 0.4) is 0 Å². The summed E-state index contributed by atoms with van der Waals surface area (Å²) in [5.74, 6) is -2.40. The van der Waals surface area contributed by atoms with E-state index in [9.17, 15) is 13.6 Å². The Kier molecular flexibility index (Phi) is 3.96. The highest BCUT2D eigenvalue weighted by atomic mass is 19.2. The molecule has 9 heteroatoms. The number of rotatable bonds is 4. The predicted molar refractivity (Wildman–Crippen MR) is 84.3 cm³/mol. The summed E-state index contributed by atoms with van der Waals surface area (Å²) in [6, 6.07) is 3.35. The average Bonchev–Trinajstić information content (AvgIpc) is 3.28. The predicted octanol–water partition coefficient (Wildman–Crippen LogP) is 2.84. The minimum Gasteiger partial charge on any atom is -0.444 e. The molecular formula is C17H10F2N4O3. The molecule has 3 aromatic rings. The number of carbonyl (C=O) groups is 1. The zero-order valence-corrected chi connectivity index (χ0v) is 13.1. The Balaban J connectivity index is 1.51. The van der Waals surface area contributed by atoms with Gasteiger partial charge in [-0.2, -0.15) is 4.98 Å². The topological polar surface area (TPSA) is 94.4 Å². The van der Waals surface area contributed by atoms with Crippen LogP contribution in [0.25, 0.3) is 11.5 Å². The van der Waals surface area contributed by atoms with Gasteiger partial charge < -0.3 is 8.94 Å². The number of aromatic nitrogens is 3. The third kappa shape index (κ3) is 3.06. The molecule has 3 heterocycles. The molecule has 130 valence electrons. The quantitative estimate of drug-likeness (QED) is 0.713. The van der Waals surface area contributed by atoms with Gasteiger partial charge in [-0.3, -0.25) is 4.79 Å². The van der Waals surface area contributed by atoms with Crippen molar-refractivity contribution < 1.29 is 22.5 Å². The van der Waals surface area contributed by atoms with Crippen molar-refractivity contribution in [3.8, 4) is 11.5 Å². The van der Waals surface area contributed by atoms with Crippen molar-refractivity contribution in [1.82, 2.24) is 15.1 Å². The number of halogens is 2. The SMILES string of the molecule is O=C1N=CC=CC1c1noc(Cc2coc(-c3ccc(F)c(F)c3)n2)n1. The van der Waals surface area contributed by atoms with Crippen molar-refractivity contribution in [2.75, 3.05) is 0 Å². The van der Waals surface area contributed by atoms with Crippen LogP contribution in [0.1, 0.15) is 23.3 Å². The number of hydrogen-bond acceptors (Lipinski definition) is 6. The Labute approximate surface area is 145 Å². The second-order valence-electron chi connectivity index (χ2n) is 5.47. The second kappa shape index (κ2) is 6.43. The molecule has 0 bridgehead atoms. The van der Waals surface area contributed by atoms with Crippen molar-refractivity contribution in [2.24, 2.45) is 4.99 Å². The van der Waals surface area contributed by atoms with Gasteiger partial charge in [-0.1, -0.05) is 11.2 Å². The fourth-order valence-corrected chi connectivity index (χ4v) is 2.41. The van der Waals surface area contributed by atoms with Crippen LogP contribution >= 0.6 is 0 Å². The number of amides is 1. The van der Waals surface area contributed by atoms with Gasteiger partial charge in [-0.05, 0) is 24.3 Å². The summed E-state index contributed by atoms with van der Waals surface area (Å²) < 4.78 is 36.7. The maximum Gasteiger partial charge on any atom is 0.260 e. The van der Waals surface area contributed by atoms with E-state index in [0.717, 1.165) is 12.1 Å². The molecule has 1 aliphatic rings. The highest BCUT2D eigenvalue weighted by Gasteiger charge is 2.24. The van der Waals surface area contributed by atoms with E-state index >= 15 is 0 Å². The maximum absolute atomic E-state index is 13.3. The molecule has 2 aromatic heterocycles. The number of benzene rings is 1. The van der Waals surface area contributed by atoms with Crippen molar-refractivity contribution >= 4 is 12.1 Å². The summed E-state index contributed by atoms with van der Waals surface area (Å²) in [7, 11) is 0. The Bertz CT molecular complexity index is 1040. The van der Waals surface area contributed by atoms with Gasteiger partial charge in [0.15, 0.2) is 17.5 Å². The van der Waals surface area contributed by atoms with Gasteiger partial charge in [0, 0.05) is 11.8 Å². The first-order valence-electron chi connectivity index (χ1n) is 7.57. The Morgan fingerprint density at radius 2 is 2.04 bits per heavy atom. The van der Waals surface area contributed by atoms with Crippen LogP contribution < -0.4 is 0 Å². The van der Waals surface area contributed by atoms with E-state index in [1.807, 2.05) is 0 Å². The molecule has 1 aliphatic heterocycles. The third-order valence-electron chi connectivity index (χ3n) is 3.67. The molecule has 0 saturated carbocycles. The van der Waals surface area contributed by atoms with Gasteiger partial charge in [-0.15, -0.1) is 0 Å². The fourth-order valence-electron chi connectivity index (χ4n) is 2.41. The summed E-state index contributed by atoms with van der Waals surface area (Å²) in [5, 5.41) is 3.79. The highest BCUT2D eigenvalue weighted by Crippen LogP contribution is 2.23. The minimum absolute atomic E-state index is 0.137. The standard InChI is InChI=1S/C17H10F2N4O3/c18-12-4-3-9(6-13(12)19)17-21-10(8-25-17)7-14-22-15(23-26-14)11-2-1-5-20-16(11)24/h1-6,8,11H,7H2. The van der Waals surface area contributed by atoms with Crippen LogP contribution in [-0.4, -0.2) is 27.2 Å². The van der Waals surface area contributed by atoms with Crippen molar-refractivity contribution in [2.45, 2.75) is 12.3 Å². The van der Waals surface area contributed by atoms with E-state index in [1.54, 1.807) is 12.2 Å². The van der Waals surface area contributed by atoms with Crippen molar-refractivity contribution in [1.29, 1.82) is 0 Å². The maximum atomic E-state index is 13.3. The van der Waals surface area contributed by atoms with Gasteiger partial charge in [0.25, 0.3) is 5.91 Å². The Hall–Kier alpha value is -3.49. The fraction of sp³-hybridized carbons (Fsp3) is 0.118. The first-order chi connectivity index (χ1) is 12.6. The van der Waals surface area contributed by atoms with Gasteiger partial charge in [0.2, 0.25) is 11.8 Å². The second-order valence-corrected chi connectivity index (χ2v) is 5.47. The monoisotopic (exact) mass is 356 g/mol. The molecule has 4 rings (SSSR count). The summed E-state index contributed by atoms with van der Waals surface area (Å²) >= 11 is 0. The molecule has 1 amide bonds. The molecule has 0 saturated heterocycles. The smallest absolute Gasteiger partial charge is 0.260 e. The largest absolute Gasteiger partial charge is 0.444 e. The summed E-state index contributed by atoms with van der Waals surface area (Å²) in [6.45, 7) is 0. The molecule has 0 radical (unpaired) electrons. The number of dihydropyridines is 1. The van der Waals surface area contributed by atoms with Crippen LogP contribution in [0.4, 0.5) is 8.78 Å². The molecule has 7 nitrogen and oxygen atoms in total. The number of oxazole rings is 1. The van der Waals surface area contributed by atoms with Crippen LogP contribution in [0.15, 0.2) is 50.5 Å². The molecule has 0 N–H and O–H groups in total. The highest BCUT2D eigenvalue weighted by molar-refractivity contribution is 5.96. The molecule has 1 atom stereocenters. The number of carbonyl (C=O) groups excluding carboxylic acids is 1. The van der Waals surface area contributed by atoms with Crippen LogP contribution in [0.5, 0.6) is 0 Å². The van der Waals surface area contributed by atoms with Gasteiger partial charge in [0.1, 0.15) is 12.2 Å². The van der Waals surface area contributed by atoms with E-state index in [4.69, 9.17) is 8.94 Å². The van der Waals surface area contributed by atoms with Crippen molar-refractivity contribution in [3.63, 3.8) is 0 Å². The molecular weight excluding hydrogens is 346 g/mol. The zero-order valence-electron chi connectivity index (χ0n) is 13.1. The van der Waals surface area contributed by atoms with E-state index in [1.165, 1.54) is 18.5 Å². The first-order valence-corrected chi connectivity index (χ1v) is 7.57. The Morgan fingerprint density at radius 1 is 1.15 bits per heavy atom. The molecule has 0 aliphatic carbocycles. The lowest BCUT2D eigenvalue weighted by Crippen LogP contribution is -2.12. The van der Waals surface area contributed by atoms with E-state index < -0.39 is 17.6 Å². The molecule has 0 fully saturated rings. The molecule has 1 unspecified atom stereocenters. The molecule has 0 spiro atoms. The normalized spacial score (nSPS) is 16.4. The molecule has 1 aromatic carbocycles. The van der Waals surface area contributed by atoms with E-state index in [2.05, 4.69) is 20.1 Å². The summed E-state index contributed by atoms with van der Waals surface area (Å²) in [6.07, 6.45) is 6.18. The van der Waals surface area contributed by atoms with Gasteiger partial charge in [0.05, 0.1) is 12.1 Å². The van der Waals surface area contributed by atoms with Gasteiger partial charge in [-0.25, -0.2) is 18.8 Å². The number of hydrogen-bond donors (Lipinski definition) is 0. The van der Waals surface area contributed by atoms with Crippen LogP contribution in [-0.2, 0) is 11.2 Å². The zero-order chi connectivity index (χ0) is 18.1. The average molecular weight is 356 g/mol. The number of allylic oxidation sites excluding steroid dienone is 1. The van der Waals surface area contributed by atoms with Crippen LogP contribution in [0, 0.1) is 11.6 Å². The van der Waals surface area contributed by atoms with Gasteiger partial charge >= 0.3 is 0 Å². The first kappa shape index (κ1) is 16.0. The minimum atomic E-state index is -0.989. The lowest BCUT2D eigenvalue weighted by Gasteiger charge is -2.04. The van der Waals surface area contributed by atoms with Crippen molar-refractivity contribution in [3.05, 3.63) is 65.7 Å². The Morgan fingerprint density at radius 3 is 2.85 bits per heavy atom. The summed E-state index contributed by atoms with van der Waals surface area (Å²) in [4.78, 5) is 23.8. The molecule has 26 heavy (non-hydrogen) atoms. The van der Waals surface area contributed by atoms with Crippen LogP contribution in [0.2, 0.25) is 0 Å². The third-order valence-corrected chi connectivity index (χ3v) is 3.67. The lowest BCUT2D eigenvalue weighted by molar-refractivity contribution is -0.118. The number of nitrogens with zero attached hydrogens (tertiary/aromatic N) is 4. The van der Waals surface area contributed by atoms with E-state index in [0.29, 0.717) is 11.3 Å². The van der Waals surface area contributed by atoms with E-state index in [-0.39, 0.29) is 29.9 Å².